The summed E-state index contributed by atoms with van der Waals surface area (Å²) in [6.07, 6.45) is 3.52. The summed E-state index contributed by atoms with van der Waals surface area (Å²) in [6, 6.07) is 0.238. The average Bonchev–Trinajstić information content (AvgIpc) is 2.83. The molecular weight excluding hydrogens is 194 g/mol. The molecule has 15 heavy (non-hydrogen) atoms. The maximum absolute atomic E-state index is 11.7. The number of rotatable bonds is 2. The lowest BCUT2D eigenvalue weighted by Crippen LogP contribution is -2.43. The van der Waals surface area contributed by atoms with Crippen molar-refractivity contribution >= 4 is 5.91 Å². The first-order valence-electron chi connectivity index (χ1n) is 5.85. The van der Waals surface area contributed by atoms with Crippen LogP contribution >= 0.6 is 0 Å². The maximum Gasteiger partial charge on any atom is 0.225 e. The Morgan fingerprint density at radius 2 is 2.13 bits per heavy atom. The van der Waals surface area contributed by atoms with Crippen LogP contribution in [0.1, 0.15) is 25.7 Å². The molecule has 0 bridgehead atoms. The second-order valence-electron chi connectivity index (χ2n) is 4.93. The number of aliphatic hydroxyl groups is 1. The molecule has 2 heterocycles. The van der Waals surface area contributed by atoms with Gasteiger partial charge in [-0.25, -0.2) is 0 Å². The molecule has 1 amide bonds. The van der Waals surface area contributed by atoms with Gasteiger partial charge in [0.15, 0.2) is 0 Å². The number of nitrogens with zero attached hydrogens (tertiary/aromatic N) is 1. The second-order valence-corrected chi connectivity index (χ2v) is 4.93. The highest BCUT2D eigenvalue weighted by Gasteiger charge is 2.46. The van der Waals surface area contributed by atoms with Crippen molar-refractivity contribution in [1.82, 2.24) is 4.90 Å². The van der Waals surface area contributed by atoms with Gasteiger partial charge in [-0.1, -0.05) is 0 Å². The van der Waals surface area contributed by atoms with E-state index in [-0.39, 0.29) is 18.1 Å². The Morgan fingerprint density at radius 1 is 1.33 bits per heavy atom. The van der Waals surface area contributed by atoms with Crippen LogP contribution in [0.5, 0.6) is 0 Å². The zero-order valence-electron chi connectivity index (χ0n) is 8.76. The van der Waals surface area contributed by atoms with Crippen molar-refractivity contribution < 1.29 is 14.6 Å². The smallest absolute Gasteiger partial charge is 0.225 e. The normalized spacial score (nSPS) is 41.5. The maximum atomic E-state index is 11.7. The lowest BCUT2D eigenvalue weighted by Gasteiger charge is -2.28. The van der Waals surface area contributed by atoms with Crippen LogP contribution in [-0.2, 0) is 9.53 Å². The third-order valence-corrected chi connectivity index (χ3v) is 3.73. The minimum Gasteiger partial charge on any atom is -0.391 e. The van der Waals surface area contributed by atoms with E-state index in [0.29, 0.717) is 18.9 Å². The molecule has 4 heteroatoms. The van der Waals surface area contributed by atoms with Crippen molar-refractivity contribution in [3.63, 3.8) is 0 Å². The van der Waals surface area contributed by atoms with Crippen LogP contribution in [0.15, 0.2) is 0 Å². The summed E-state index contributed by atoms with van der Waals surface area (Å²) in [5.41, 5.74) is 0. The summed E-state index contributed by atoms with van der Waals surface area (Å²) >= 11 is 0. The van der Waals surface area contributed by atoms with Crippen LogP contribution < -0.4 is 0 Å². The third kappa shape index (κ3) is 1.66. The van der Waals surface area contributed by atoms with E-state index in [1.807, 2.05) is 4.90 Å². The summed E-state index contributed by atoms with van der Waals surface area (Å²) < 4.78 is 5.71. The standard InChI is InChI=1S/C11H17NO3/c13-8-5-10(14)12(6-8)9-3-4-15-11(9)7-1-2-7/h7-9,11,13H,1-6H2. The lowest BCUT2D eigenvalue weighted by molar-refractivity contribution is -0.131. The number of β-amino-alcohol motifs (C(OH)–C–C–N with tert-alkyl or cyclic N) is 1. The monoisotopic (exact) mass is 211 g/mol. The zero-order chi connectivity index (χ0) is 10.4. The third-order valence-electron chi connectivity index (χ3n) is 3.73. The predicted molar refractivity (Wildman–Crippen MR) is 53.2 cm³/mol. The van der Waals surface area contributed by atoms with Gasteiger partial charge in [0.05, 0.1) is 24.7 Å². The van der Waals surface area contributed by atoms with Crippen molar-refractivity contribution in [2.45, 2.75) is 43.9 Å². The molecule has 4 nitrogen and oxygen atoms in total. The molecule has 0 spiro atoms. The highest BCUT2D eigenvalue weighted by atomic mass is 16.5. The van der Waals surface area contributed by atoms with E-state index in [2.05, 4.69) is 0 Å². The molecule has 1 saturated carbocycles. The fourth-order valence-electron chi connectivity index (χ4n) is 2.84. The van der Waals surface area contributed by atoms with Crippen molar-refractivity contribution in [1.29, 1.82) is 0 Å². The molecule has 3 rings (SSSR count). The molecule has 3 fully saturated rings. The summed E-state index contributed by atoms with van der Waals surface area (Å²) in [6.45, 7) is 1.28. The van der Waals surface area contributed by atoms with E-state index < -0.39 is 6.10 Å². The number of hydrogen-bond donors (Lipinski definition) is 1. The highest BCUT2D eigenvalue weighted by molar-refractivity contribution is 5.79. The number of hydrogen-bond acceptors (Lipinski definition) is 3. The summed E-state index contributed by atoms with van der Waals surface area (Å²) in [5, 5.41) is 9.47. The van der Waals surface area contributed by atoms with Crippen molar-refractivity contribution in [2.24, 2.45) is 5.92 Å². The van der Waals surface area contributed by atoms with E-state index in [0.717, 1.165) is 13.0 Å². The van der Waals surface area contributed by atoms with E-state index in [1.165, 1.54) is 12.8 Å². The van der Waals surface area contributed by atoms with Crippen molar-refractivity contribution in [3.05, 3.63) is 0 Å². The Labute approximate surface area is 89.2 Å². The van der Waals surface area contributed by atoms with Gasteiger partial charge < -0.3 is 14.7 Å². The van der Waals surface area contributed by atoms with Gasteiger partial charge in [-0.3, -0.25) is 4.79 Å². The van der Waals surface area contributed by atoms with Crippen LogP contribution in [0.25, 0.3) is 0 Å². The van der Waals surface area contributed by atoms with E-state index in [9.17, 15) is 9.90 Å². The first-order chi connectivity index (χ1) is 7.25. The Balaban J connectivity index is 1.72. The van der Waals surface area contributed by atoms with Crippen molar-refractivity contribution in [3.8, 4) is 0 Å². The van der Waals surface area contributed by atoms with Gasteiger partial charge in [0.2, 0.25) is 5.91 Å². The van der Waals surface area contributed by atoms with E-state index in [4.69, 9.17) is 4.74 Å². The summed E-state index contributed by atoms with van der Waals surface area (Å²) in [5.74, 6) is 0.770. The molecule has 3 atom stereocenters. The fourth-order valence-corrected chi connectivity index (χ4v) is 2.84. The van der Waals surface area contributed by atoms with Gasteiger partial charge in [0.1, 0.15) is 0 Å². The fraction of sp³-hybridized carbons (Fsp3) is 0.909. The quantitative estimate of drug-likeness (QED) is 0.707. The SMILES string of the molecule is O=C1CC(O)CN1C1CCOC1C1CC1. The minimum absolute atomic E-state index is 0.101. The first kappa shape index (κ1) is 9.60. The number of aliphatic hydroxyl groups excluding tert-OH is 1. The zero-order valence-corrected chi connectivity index (χ0v) is 8.76. The molecule has 0 aromatic heterocycles. The number of amides is 1. The number of carbonyl (C=O) groups is 1. The van der Waals surface area contributed by atoms with Gasteiger partial charge in [-0.05, 0) is 25.2 Å². The predicted octanol–water partition coefficient (Wildman–Crippen LogP) is 0.147. The van der Waals surface area contributed by atoms with Gasteiger partial charge >= 0.3 is 0 Å². The Kier molecular flexibility index (Phi) is 2.21. The summed E-state index contributed by atoms with van der Waals surface area (Å²) in [4.78, 5) is 13.5. The number of ether oxygens (including phenoxy) is 1. The van der Waals surface area contributed by atoms with Gasteiger partial charge in [-0.15, -0.1) is 0 Å². The van der Waals surface area contributed by atoms with Gasteiger partial charge in [0.25, 0.3) is 0 Å². The molecule has 2 aliphatic heterocycles. The number of likely N-dealkylation sites (tertiary alicyclic amines) is 1. The molecule has 3 aliphatic rings. The largest absolute Gasteiger partial charge is 0.391 e. The van der Waals surface area contributed by atoms with Crippen LogP contribution in [0.2, 0.25) is 0 Å². The Morgan fingerprint density at radius 3 is 2.73 bits per heavy atom. The molecule has 2 saturated heterocycles. The summed E-state index contributed by atoms with van der Waals surface area (Å²) in [7, 11) is 0. The van der Waals surface area contributed by atoms with Crippen LogP contribution in [-0.4, -0.2) is 47.3 Å². The Hall–Kier alpha value is -0.610. The first-order valence-corrected chi connectivity index (χ1v) is 5.85. The molecule has 84 valence electrons. The minimum atomic E-state index is -0.460. The van der Waals surface area contributed by atoms with Crippen LogP contribution in [0.3, 0.4) is 0 Å². The van der Waals surface area contributed by atoms with Gasteiger partial charge in [0, 0.05) is 13.2 Å². The van der Waals surface area contributed by atoms with E-state index >= 15 is 0 Å². The molecule has 1 aliphatic carbocycles. The topological polar surface area (TPSA) is 49.8 Å². The van der Waals surface area contributed by atoms with Gasteiger partial charge in [-0.2, -0.15) is 0 Å². The average molecular weight is 211 g/mol. The van der Waals surface area contributed by atoms with Crippen LogP contribution in [0, 0.1) is 5.92 Å². The number of carbonyl (C=O) groups excluding carboxylic acids is 1. The molecule has 1 N–H and O–H groups in total. The van der Waals surface area contributed by atoms with Crippen molar-refractivity contribution in [2.75, 3.05) is 13.2 Å². The van der Waals surface area contributed by atoms with E-state index in [1.54, 1.807) is 0 Å². The second kappa shape index (κ2) is 3.46. The molecule has 0 radical (unpaired) electrons. The molecule has 0 aromatic carbocycles. The molecule has 0 aromatic rings. The molecule has 3 unspecified atom stereocenters. The lowest BCUT2D eigenvalue weighted by atomic mass is 10.1. The highest BCUT2D eigenvalue weighted by Crippen LogP contribution is 2.41. The van der Waals surface area contributed by atoms with Crippen LogP contribution in [0.4, 0.5) is 0 Å². The molecular formula is C11H17NO3. The Bertz CT molecular complexity index is 277.